The fraction of sp³-hybridized carbons (Fsp3) is 0.364. The van der Waals surface area contributed by atoms with Gasteiger partial charge in [-0.2, -0.15) is 0 Å². The van der Waals surface area contributed by atoms with E-state index in [1.54, 1.807) is 0 Å². The highest BCUT2D eigenvalue weighted by molar-refractivity contribution is 5.94. The van der Waals surface area contributed by atoms with E-state index in [-0.39, 0.29) is 29.3 Å². The second-order valence-corrected chi connectivity index (χ2v) is 8.00. The number of aromatic nitrogens is 1. The van der Waals surface area contributed by atoms with Gasteiger partial charge in [-0.25, -0.2) is 0 Å². The Bertz CT molecular complexity index is 968. The lowest BCUT2D eigenvalue weighted by Gasteiger charge is -2.35. The first kappa shape index (κ1) is 18.2. The molecule has 1 atom stereocenters. The minimum atomic E-state index is -0.00190. The molecule has 2 aromatic carbocycles. The minimum Gasteiger partial charge on any atom is -0.341 e. The van der Waals surface area contributed by atoms with E-state index in [2.05, 4.69) is 27.7 Å². The van der Waals surface area contributed by atoms with Crippen molar-refractivity contribution < 1.29 is 4.79 Å². The number of amides is 1. The van der Waals surface area contributed by atoms with E-state index in [0.717, 1.165) is 11.0 Å². The van der Waals surface area contributed by atoms with Crippen LogP contribution in [0.3, 0.4) is 0 Å². The Labute approximate surface area is 154 Å². The number of pyridine rings is 1. The van der Waals surface area contributed by atoms with Crippen LogP contribution in [0.2, 0.25) is 0 Å². The van der Waals surface area contributed by atoms with Crippen molar-refractivity contribution in [1.82, 2.24) is 9.47 Å². The zero-order valence-electron chi connectivity index (χ0n) is 16.1. The summed E-state index contributed by atoms with van der Waals surface area (Å²) in [4.78, 5) is 27.6. The third-order valence-corrected chi connectivity index (χ3v) is 5.40. The number of likely N-dealkylation sites (N-methyl/N-ethyl adjacent to an activating group) is 1. The second kappa shape index (κ2) is 6.60. The number of hydrogen-bond acceptors (Lipinski definition) is 2. The van der Waals surface area contributed by atoms with E-state index in [9.17, 15) is 9.59 Å². The van der Waals surface area contributed by atoms with Gasteiger partial charge in [0.15, 0.2) is 5.43 Å². The highest BCUT2D eigenvalue weighted by Crippen LogP contribution is 2.24. The standard InChI is InChI=1S/C22H26N2O2/c1-15(22(2,3)4)23(5)20(25)14-24-18-12-8-6-10-16(18)21(26)17-11-7-9-13-19(17)24/h6-13,15H,14H2,1-5H3. The fourth-order valence-corrected chi connectivity index (χ4v) is 3.29. The number of para-hydroxylation sites is 2. The molecule has 3 rings (SSSR count). The monoisotopic (exact) mass is 350 g/mol. The van der Waals surface area contributed by atoms with Gasteiger partial charge < -0.3 is 9.47 Å². The summed E-state index contributed by atoms with van der Waals surface area (Å²) in [5.74, 6) is 0.0337. The Morgan fingerprint density at radius 1 is 1.00 bits per heavy atom. The molecule has 0 spiro atoms. The molecule has 0 radical (unpaired) electrons. The van der Waals surface area contributed by atoms with Gasteiger partial charge in [0.25, 0.3) is 0 Å². The van der Waals surface area contributed by atoms with Gasteiger partial charge in [0.2, 0.25) is 5.91 Å². The maximum Gasteiger partial charge on any atom is 0.242 e. The van der Waals surface area contributed by atoms with Gasteiger partial charge in [0.1, 0.15) is 6.54 Å². The smallest absolute Gasteiger partial charge is 0.242 e. The van der Waals surface area contributed by atoms with Crippen molar-refractivity contribution in [3.8, 4) is 0 Å². The lowest BCUT2D eigenvalue weighted by molar-refractivity contribution is -0.134. The number of rotatable bonds is 3. The van der Waals surface area contributed by atoms with Crippen LogP contribution in [0, 0.1) is 5.41 Å². The number of carbonyl (C=O) groups is 1. The summed E-state index contributed by atoms with van der Waals surface area (Å²) in [6.07, 6.45) is 0. The van der Waals surface area contributed by atoms with Crippen molar-refractivity contribution in [3.05, 3.63) is 58.8 Å². The van der Waals surface area contributed by atoms with Gasteiger partial charge >= 0.3 is 0 Å². The molecule has 0 aliphatic rings. The van der Waals surface area contributed by atoms with Crippen LogP contribution in [0.15, 0.2) is 53.3 Å². The van der Waals surface area contributed by atoms with Crippen LogP contribution in [-0.4, -0.2) is 28.5 Å². The van der Waals surface area contributed by atoms with Crippen molar-refractivity contribution in [2.24, 2.45) is 5.41 Å². The van der Waals surface area contributed by atoms with Gasteiger partial charge in [0, 0.05) is 23.9 Å². The molecule has 4 nitrogen and oxygen atoms in total. The van der Waals surface area contributed by atoms with Crippen molar-refractivity contribution in [1.29, 1.82) is 0 Å². The molecule has 3 aromatic rings. The van der Waals surface area contributed by atoms with E-state index in [1.165, 1.54) is 0 Å². The molecule has 0 saturated carbocycles. The van der Waals surface area contributed by atoms with E-state index in [1.807, 2.05) is 65.0 Å². The molecule has 0 bridgehead atoms. The summed E-state index contributed by atoms with van der Waals surface area (Å²) in [5.41, 5.74) is 1.59. The van der Waals surface area contributed by atoms with Gasteiger partial charge in [-0.15, -0.1) is 0 Å². The summed E-state index contributed by atoms with van der Waals surface area (Å²) in [6, 6.07) is 15.1. The molecule has 1 heterocycles. The van der Waals surface area contributed by atoms with Gasteiger partial charge in [-0.3, -0.25) is 9.59 Å². The van der Waals surface area contributed by atoms with Crippen LogP contribution in [0.1, 0.15) is 27.7 Å². The first-order chi connectivity index (χ1) is 12.2. The summed E-state index contributed by atoms with van der Waals surface area (Å²) < 4.78 is 1.96. The average Bonchev–Trinajstić information content (AvgIpc) is 2.63. The first-order valence-corrected chi connectivity index (χ1v) is 8.97. The van der Waals surface area contributed by atoms with Crippen molar-refractivity contribution in [3.63, 3.8) is 0 Å². The molecular formula is C22H26N2O2. The topological polar surface area (TPSA) is 42.3 Å². The molecule has 1 unspecified atom stereocenters. The van der Waals surface area contributed by atoms with Gasteiger partial charge in [-0.1, -0.05) is 45.0 Å². The predicted molar refractivity (Wildman–Crippen MR) is 107 cm³/mol. The summed E-state index contributed by atoms with van der Waals surface area (Å²) in [7, 11) is 1.85. The van der Waals surface area contributed by atoms with Crippen LogP contribution in [-0.2, 0) is 11.3 Å². The molecule has 0 fully saturated rings. The lowest BCUT2D eigenvalue weighted by Crippen LogP contribution is -2.44. The molecule has 0 N–H and O–H groups in total. The van der Waals surface area contributed by atoms with E-state index >= 15 is 0 Å². The van der Waals surface area contributed by atoms with Crippen LogP contribution < -0.4 is 5.43 Å². The summed E-state index contributed by atoms with van der Waals surface area (Å²) >= 11 is 0. The van der Waals surface area contributed by atoms with Crippen LogP contribution in [0.25, 0.3) is 21.8 Å². The van der Waals surface area contributed by atoms with Gasteiger partial charge in [0.05, 0.1) is 11.0 Å². The molecule has 136 valence electrons. The Kier molecular flexibility index (Phi) is 4.61. The van der Waals surface area contributed by atoms with Crippen LogP contribution >= 0.6 is 0 Å². The highest BCUT2D eigenvalue weighted by Gasteiger charge is 2.27. The van der Waals surface area contributed by atoms with Crippen molar-refractivity contribution in [2.45, 2.75) is 40.3 Å². The molecule has 1 aromatic heterocycles. The van der Waals surface area contributed by atoms with E-state index in [0.29, 0.717) is 10.8 Å². The Morgan fingerprint density at radius 2 is 1.46 bits per heavy atom. The Hall–Kier alpha value is -2.62. The third kappa shape index (κ3) is 3.12. The molecular weight excluding hydrogens is 324 g/mol. The van der Waals surface area contributed by atoms with Crippen molar-refractivity contribution in [2.75, 3.05) is 7.05 Å². The number of hydrogen-bond donors (Lipinski definition) is 0. The molecule has 26 heavy (non-hydrogen) atoms. The number of fused-ring (bicyclic) bond motifs is 2. The van der Waals surface area contributed by atoms with Crippen molar-refractivity contribution >= 4 is 27.7 Å². The maximum atomic E-state index is 13.0. The quantitative estimate of drug-likeness (QED) is 0.669. The Balaban J connectivity index is 2.14. The third-order valence-electron chi connectivity index (χ3n) is 5.40. The Morgan fingerprint density at radius 3 is 1.92 bits per heavy atom. The summed E-state index contributed by atoms with van der Waals surface area (Å²) in [5, 5.41) is 1.29. The summed E-state index contributed by atoms with van der Waals surface area (Å²) in [6.45, 7) is 8.67. The van der Waals surface area contributed by atoms with Crippen LogP contribution in [0.4, 0.5) is 0 Å². The normalized spacial score (nSPS) is 13.1. The zero-order chi connectivity index (χ0) is 19.1. The average molecular weight is 350 g/mol. The minimum absolute atomic E-state index is 0.00190. The largest absolute Gasteiger partial charge is 0.341 e. The zero-order valence-corrected chi connectivity index (χ0v) is 16.1. The number of carbonyl (C=O) groups excluding carboxylic acids is 1. The second-order valence-electron chi connectivity index (χ2n) is 8.00. The SMILES string of the molecule is CC(N(C)C(=O)Cn1c2ccccc2c(=O)c2ccccc21)C(C)(C)C. The molecule has 0 aliphatic carbocycles. The number of benzene rings is 2. The fourth-order valence-electron chi connectivity index (χ4n) is 3.29. The number of nitrogens with zero attached hydrogens (tertiary/aromatic N) is 2. The van der Waals surface area contributed by atoms with E-state index in [4.69, 9.17) is 0 Å². The highest BCUT2D eigenvalue weighted by atomic mass is 16.2. The molecule has 1 amide bonds. The van der Waals surface area contributed by atoms with E-state index < -0.39 is 0 Å². The molecule has 4 heteroatoms. The molecule has 0 aliphatic heterocycles. The molecule has 0 saturated heterocycles. The lowest BCUT2D eigenvalue weighted by atomic mass is 9.87. The predicted octanol–water partition coefficient (Wildman–Crippen LogP) is 4.05. The van der Waals surface area contributed by atoms with Gasteiger partial charge in [-0.05, 0) is 36.6 Å². The van der Waals surface area contributed by atoms with Crippen LogP contribution in [0.5, 0.6) is 0 Å². The first-order valence-electron chi connectivity index (χ1n) is 8.97. The maximum absolute atomic E-state index is 13.0.